The molecule has 3 aromatic rings. The molecule has 0 fully saturated rings. The molecular weight excluding hydrogens is 343 g/mol. The zero-order chi connectivity index (χ0) is 17.6. The van der Waals surface area contributed by atoms with Gasteiger partial charge in [-0.25, -0.2) is 9.37 Å². The number of hydrogen-bond donors (Lipinski definition) is 1. The second kappa shape index (κ2) is 8.04. The Bertz CT molecular complexity index is 882. The highest BCUT2D eigenvalue weighted by molar-refractivity contribution is 7.16. The van der Waals surface area contributed by atoms with Crippen LogP contribution in [0.2, 0.25) is 0 Å². The van der Waals surface area contributed by atoms with E-state index in [1.807, 2.05) is 0 Å². The molecule has 0 bridgehead atoms. The molecule has 1 N–H and O–H groups in total. The monoisotopic (exact) mass is 360 g/mol. The number of fused-ring (bicyclic) bond motifs is 1. The lowest BCUT2D eigenvalue weighted by Gasteiger charge is -2.11. The van der Waals surface area contributed by atoms with E-state index in [1.165, 1.54) is 11.3 Å². The zero-order valence-corrected chi connectivity index (χ0v) is 14.4. The Morgan fingerprint density at radius 3 is 3.00 bits per heavy atom. The molecule has 25 heavy (non-hydrogen) atoms. The van der Waals surface area contributed by atoms with Gasteiger partial charge in [0.25, 0.3) is 5.91 Å². The molecule has 1 aromatic heterocycles. The predicted molar refractivity (Wildman–Crippen MR) is 94.6 cm³/mol. The van der Waals surface area contributed by atoms with Crippen LogP contribution in [0, 0.1) is 5.82 Å². The van der Waals surface area contributed by atoms with E-state index < -0.39 is 5.82 Å². The van der Waals surface area contributed by atoms with Crippen LogP contribution in [0.15, 0.2) is 41.9 Å². The lowest BCUT2D eigenvalue weighted by Crippen LogP contribution is -2.23. The largest absolute Gasteiger partial charge is 0.488 e. The highest BCUT2D eigenvalue weighted by Gasteiger charge is 2.12. The lowest BCUT2D eigenvalue weighted by molar-refractivity contribution is 0.0950. The third-order valence-corrected chi connectivity index (χ3v) is 4.41. The maximum Gasteiger partial charge on any atom is 0.251 e. The summed E-state index contributed by atoms with van der Waals surface area (Å²) in [6, 6.07) is 10.1. The third-order valence-electron chi connectivity index (χ3n) is 3.62. The van der Waals surface area contributed by atoms with Crippen LogP contribution in [0.4, 0.5) is 4.39 Å². The lowest BCUT2D eigenvalue weighted by atomic mass is 10.1. The first-order chi connectivity index (χ1) is 12.2. The third kappa shape index (κ3) is 4.12. The van der Waals surface area contributed by atoms with Gasteiger partial charge in [0.05, 0.1) is 22.3 Å². The summed E-state index contributed by atoms with van der Waals surface area (Å²) in [5.74, 6) is -0.591. The van der Waals surface area contributed by atoms with Gasteiger partial charge in [-0.3, -0.25) is 4.79 Å². The number of halogens is 1. The van der Waals surface area contributed by atoms with Gasteiger partial charge in [-0.05, 0) is 24.3 Å². The van der Waals surface area contributed by atoms with Crippen LogP contribution < -0.4 is 10.1 Å². The smallest absolute Gasteiger partial charge is 0.251 e. The maximum absolute atomic E-state index is 14.4. The molecule has 2 aromatic carbocycles. The average molecular weight is 360 g/mol. The molecule has 7 heteroatoms. The number of hydrogen-bond acceptors (Lipinski definition) is 5. The van der Waals surface area contributed by atoms with Gasteiger partial charge < -0.3 is 14.8 Å². The fourth-order valence-electron chi connectivity index (χ4n) is 2.31. The summed E-state index contributed by atoms with van der Waals surface area (Å²) in [6.45, 7) is 0.714. The second-order valence-electron chi connectivity index (χ2n) is 5.29. The Kier molecular flexibility index (Phi) is 5.57. The summed E-state index contributed by atoms with van der Waals surface area (Å²) >= 11 is 1.47. The molecular formula is C18H17FN2O3S. The summed E-state index contributed by atoms with van der Waals surface area (Å²) < 4.78 is 25.5. The second-order valence-corrected chi connectivity index (χ2v) is 6.17. The summed E-state index contributed by atoms with van der Waals surface area (Å²) in [7, 11) is 1.55. The molecule has 5 nitrogen and oxygen atoms in total. The normalized spacial score (nSPS) is 10.8. The molecule has 0 radical (unpaired) electrons. The Morgan fingerprint density at radius 1 is 1.28 bits per heavy atom. The standard InChI is InChI=1S/C18H17FN2O3S/c1-23-7-8-24-15-4-2-3-13(17(15)19)10-20-18(22)12-5-6-14-16(9-12)25-11-21-14/h2-6,9,11H,7-8,10H2,1H3,(H,20,22). The van der Waals surface area contributed by atoms with Gasteiger partial charge in [-0.15, -0.1) is 11.3 Å². The molecule has 130 valence electrons. The molecule has 0 spiro atoms. The van der Waals surface area contributed by atoms with E-state index in [4.69, 9.17) is 9.47 Å². The minimum atomic E-state index is -0.475. The van der Waals surface area contributed by atoms with Gasteiger partial charge in [0.15, 0.2) is 11.6 Å². The van der Waals surface area contributed by atoms with Gasteiger partial charge in [0, 0.05) is 24.8 Å². The summed E-state index contributed by atoms with van der Waals surface area (Å²) in [5.41, 5.74) is 3.47. The minimum Gasteiger partial charge on any atom is -0.488 e. The van der Waals surface area contributed by atoms with Crippen LogP contribution in [0.5, 0.6) is 5.75 Å². The van der Waals surface area contributed by atoms with Crippen LogP contribution in [-0.2, 0) is 11.3 Å². The number of ether oxygens (including phenoxy) is 2. The average Bonchev–Trinajstić information content (AvgIpc) is 3.09. The predicted octanol–water partition coefficient (Wildman–Crippen LogP) is 3.39. The summed E-state index contributed by atoms with van der Waals surface area (Å²) in [4.78, 5) is 16.5. The molecule has 0 aliphatic heterocycles. The van der Waals surface area contributed by atoms with Crippen molar-refractivity contribution in [2.75, 3.05) is 20.3 Å². The van der Waals surface area contributed by atoms with E-state index in [-0.39, 0.29) is 24.8 Å². The van der Waals surface area contributed by atoms with E-state index in [9.17, 15) is 9.18 Å². The van der Waals surface area contributed by atoms with E-state index >= 15 is 0 Å². The maximum atomic E-state index is 14.4. The number of aromatic nitrogens is 1. The van der Waals surface area contributed by atoms with Crippen molar-refractivity contribution in [3.05, 3.63) is 58.9 Å². The first kappa shape index (κ1) is 17.3. The number of thiazole rings is 1. The minimum absolute atomic E-state index is 0.0763. The van der Waals surface area contributed by atoms with Crippen molar-refractivity contribution < 1.29 is 18.7 Å². The van der Waals surface area contributed by atoms with Crippen LogP contribution in [-0.4, -0.2) is 31.2 Å². The number of nitrogens with one attached hydrogen (secondary N) is 1. The molecule has 0 saturated carbocycles. The van der Waals surface area contributed by atoms with Crippen molar-refractivity contribution in [3.8, 4) is 5.75 Å². The number of carbonyl (C=O) groups is 1. The van der Waals surface area contributed by atoms with Crippen molar-refractivity contribution in [2.45, 2.75) is 6.54 Å². The molecule has 1 heterocycles. The van der Waals surface area contributed by atoms with Gasteiger partial charge in [-0.1, -0.05) is 12.1 Å². The SMILES string of the molecule is COCCOc1cccc(CNC(=O)c2ccc3ncsc3c2)c1F. The highest BCUT2D eigenvalue weighted by Crippen LogP contribution is 2.21. The molecule has 0 saturated heterocycles. The van der Waals surface area contributed by atoms with Crippen LogP contribution in [0.1, 0.15) is 15.9 Å². The van der Waals surface area contributed by atoms with Gasteiger partial charge in [0.1, 0.15) is 6.61 Å². The van der Waals surface area contributed by atoms with Crippen molar-refractivity contribution in [3.63, 3.8) is 0 Å². The molecule has 3 rings (SSSR count). The molecule has 0 unspecified atom stereocenters. The first-order valence-corrected chi connectivity index (χ1v) is 8.57. The topological polar surface area (TPSA) is 60.5 Å². The van der Waals surface area contributed by atoms with Crippen LogP contribution in [0.25, 0.3) is 10.2 Å². The number of amides is 1. The quantitative estimate of drug-likeness (QED) is 0.656. The summed E-state index contributed by atoms with van der Waals surface area (Å²) in [5, 5.41) is 2.73. The van der Waals surface area contributed by atoms with Crippen molar-refractivity contribution in [1.29, 1.82) is 0 Å². The Balaban J connectivity index is 1.66. The van der Waals surface area contributed by atoms with Crippen molar-refractivity contribution in [2.24, 2.45) is 0 Å². The van der Waals surface area contributed by atoms with Gasteiger partial charge >= 0.3 is 0 Å². The number of methoxy groups -OCH3 is 1. The molecule has 0 aliphatic carbocycles. The van der Waals surface area contributed by atoms with Gasteiger partial charge in [-0.2, -0.15) is 0 Å². The molecule has 0 aliphatic rings. The fraction of sp³-hybridized carbons (Fsp3) is 0.222. The number of rotatable bonds is 7. The molecule has 0 atom stereocenters. The van der Waals surface area contributed by atoms with Gasteiger partial charge in [0.2, 0.25) is 0 Å². The Morgan fingerprint density at radius 2 is 2.16 bits per heavy atom. The Hall–Kier alpha value is -2.51. The zero-order valence-electron chi connectivity index (χ0n) is 13.6. The van der Waals surface area contributed by atoms with Crippen molar-refractivity contribution in [1.82, 2.24) is 10.3 Å². The first-order valence-electron chi connectivity index (χ1n) is 7.69. The number of benzene rings is 2. The van der Waals surface area contributed by atoms with Crippen LogP contribution >= 0.6 is 11.3 Å². The van der Waals surface area contributed by atoms with E-state index in [1.54, 1.807) is 49.0 Å². The van der Waals surface area contributed by atoms with Crippen molar-refractivity contribution >= 4 is 27.5 Å². The van der Waals surface area contributed by atoms with Crippen LogP contribution in [0.3, 0.4) is 0 Å². The highest BCUT2D eigenvalue weighted by atomic mass is 32.1. The summed E-state index contributed by atoms with van der Waals surface area (Å²) in [6.07, 6.45) is 0. The Labute approximate surface area is 148 Å². The number of carbonyl (C=O) groups excluding carboxylic acids is 1. The molecule has 1 amide bonds. The van der Waals surface area contributed by atoms with E-state index in [2.05, 4.69) is 10.3 Å². The fourth-order valence-corrected chi connectivity index (χ4v) is 3.03. The van der Waals surface area contributed by atoms with E-state index in [0.29, 0.717) is 17.7 Å². The van der Waals surface area contributed by atoms with E-state index in [0.717, 1.165) is 10.2 Å². The number of nitrogens with zero attached hydrogens (tertiary/aromatic N) is 1.